The van der Waals surface area contributed by atoms with Crippen molar-refractivity contribution in [1.82, 2.24) is 0 Å². The number of ketones is 1. The molecule has 8 heteroatoms. The number of primary amides is 1. The van der Waals surface area contributed by atoms with Crippen molar-refractivity contribution in [2.24, 2.45) is 5.73 Å². The lowest BCUT2D eigenvalue weighted by Crippen LogP contribution is -2.44. The zero-order valence-electron chi connectivity index (χ0n) is 9.98. The molecule has 0 spiro atoms. The van der Waals surface area contributed by atoms with Gasteiger partial charge in [0.15, 0.2) is 5.78 Å². The molecule has 0 aromatic heterocycles. The molecule has 0 aliphatic heterocycles. The van der Waals surface area contributed by atoms with Gasteiger partial charge in [0, 0.05) is 5.57 Å². The summed E-state index contributed by atoms with van der Waals surface area (Å²) in [5.41, 5.74) is 5.09. The first-order chi connectivity index (χ1) is 8.18. The molecule has 0 rings (SSSR count). The first-order valence-corrected chi connectivity index (χ1v) is 4.92. The molecule has 0 aromatic rings. The summed E-state index contributed by atoms with van der Waals surface area (Å²) < 4.78 is 0. The fourth-order valence-electron chi connectivity index (χ4n) is 0.602. The molecule has 18 heavy (non-hydrogen) atoms. The standard InChI is InChI=1S/C6H12O6.C4H7NO/c7-1-3(9)5(11)6(12)4(10)2-8;1-3(2)4(5)6/h3,5-9,11-12H,1-2H2;1H2,2H3,(H2,5,6)/t3-,5-,6-;/m1./s1. The monoisotopic (exact) mass is 265 g/mol. The van der Waals surface area contributed by atoms with Crippen molar-refractivity contribution in [3.05, 3.63) is 12.2 Å². The molecule has 106 valence electrons. The smallest absolute Gasteiger partial charge is 0.243 e. The van der Waals surface area contributed by atoms with Gasteiger partial charge in [-0.1, -0.05) is 6.58 Å². The minimum atomic E-state index is -1.86. The number of hydrogen-bond donors (Lipinski definition) is 6. The van der Waals surface area contributed by atoms with Crippen LogP contribution < -0.4 is 5.73 Å². The minimum Gasteiger partial charge on any atom is -0.394 e. The van der Waals surface area contributed by atoms with E-state index in [1.54, 1.807) is 6.92 Å². The van der Waals surface area contributed by atoms with Gasteiger partial charge in [-0.05, 0) is 6.92 Å². The molecule has 0 aliphatic rings. The fourth-order valence-corrected chi connectivity index (χ4v) is 0.602. The minimum absolute atomic E-state index is 0.398. The van der Waals surface area contributed by atoms with E-state index in [0.29, 0.717) is 5.57 Å². The van der Waals surface area contributed by atoms with Gasteiger partial charge in [0.25, 0.3) is 0 Å². The number of hydrogen-bond acceptors (Lipinski definition) is 7. The Kier molecular flexibility index (Phi) is 10.2. The lowest BCUT2D eigenvalue weighted by Gasteiger charge is -2.19. The van der Waals surface area contributed by atoms with Gasteiger partial charge in [-0.25, -0.2) is 0 Å². The molecule has 3 atom stereocenters. The highest BCUT2D eigenvalue weighted by molar-refractivity contribution is 5.90. The largest absolute Gasteiger partial charge is 0.394 e. The van der Waals surface area contributed by atoms with Gasteiger partial charge in [0.05, 0.1) is 6.61 Å². The molecule has 7 N–H and O–H groups in total. The van der Waals surface area contributed by atoms with E-state index in [0.717, 1.165) is 0 Å². The van der Waals surface area contributed by atoms with E-state index >= 15 is 0 Å². The average Bonchev–Trinajstić information content (AvgIpc) is 2.35. The molecular weight excluding hydrogens is 246 g/mol. The summed E-state index contributed by atoms with van der Waals surface area (Å²) in [6.45, 7) is 3.16. The third-order valence-corrected chi connectivity index (χ3v) is 1.81. The summed E-state index contributed by atoms with van der Waals surface area (Å²) in [5, 5.41) is 43.1. The van der Waals surface area contributed by atoms with E-state index in [9.17, 15) is 9.59 Å². The third-order valence-electron chi connectivity index (χ3n) is 1.81. The molecule has 8 nitrogen and oxygen atoms in total. The van der Waals surface area contributed by atoms with Gasteiger partial charge < -0.3 is 31.3 Å². The van der Waals surface area contributed by atoms with Crippen LogP contribution in [0.15, 0.2) is 12.2 Å². The van der Waals surface area contributed by atoms with Crippen molar-refractivity contribution in [2.45, 2.75) is 25.2 Å². The molecule has 0 aliphatic carbocycles. The van der Waals surface area contributed by atoms with Gasteiger partial charge in [-0.3, -0.25) is 9.59 Å². The van der Waals surface area contributed by atoms with E-state index in [2.05, 4.69) is 6.58 Å². The third kappa shape index (κ3) is 7.87. The van der Waals surface area contributed by atoms with Gasteiger partial charge in [0.2, 0.25) is 5.91 Å². The van der Waals surface area contributed by atoms with Crippen LogP contribution in [0.3, 0.4) is 0 Å². The Morgan fingerprint density at radius 2 is 1.61 bits per heavy atom. The van der Waals surface area contributed by atoms with Gasteiger partial charge in [-0.15, -0.1) is 0 Å². The van der Waals surface area contributed by atoms with Crippen molar-refractivity contribution < 1.29 is 35.1 Å². The molecule has 0 bridgehead atoms. The Morgan fingerprint density at radius 1 is 1.22 bits per heavy atom. The van der Waals surface area contributed by atoms with E-state index in [-0.39, 0.29) is 0 Å². The van der Waals surface area contributed by atoms with E-state index in [1.807, 2.05) is 0 Å². The van der Waals surface area contributed by atoms with Crippen LogP contribution in [0.25, 0.3) is 0 Å². The van der Waals surface area contributed by atoms with Gasteiger partial charge in [-0.2, -0.15) is 0 Å². The number of nitrogens with two attached hydrogens (primary N) is 1. The van der Waals surface area contributed by atoms with Crippen LogP contribution >= 0.6 is 0 Å². The summed E-state index contributed by atoms with van der Waals surface area (Å²) in [5.74, 6) is -1.44. The number of aliphatic hydroxyl groups excluding tert-OH is 5. The molecular formula is C10H19NO7. The summed E-state index contributed by atoms with van der Waals surface area (Å²) in [7, 11) is 0. The van der Waals surface area contributed by atoms with Gasteiger partial charge in [0.1, 0.15) is 24.9 Å². The lowest BCUT2D eigenvalue weighted by atomic mass is 10.1. The Morgan fingerprint density at radius 3 is 1.83 bits per heavy atom. The predicted molar refractivity (Wildman–Crippen MR) is 61.2 cm³/mol. The second kappa shape index (κ2) is 9.68. The van der Waals surface area contributed by atoms with Crippen molar-refractivity contribution in [3.63, 3.8) is 0 Å². The topological polar surface area (TPSA) is 161 Å². The summed E-state index contributed by atoms with van der Waals surface area (Å²) in [6.07, 6.45) is -5.22. The van der Waals surface area contributed by atoms with Crippen LogP contribution in [-0.4, -0.2) is 68.7 Å². The molecule has 0 fully saturated rings. The zero-order valence-corrected chi connectivity index (χ0v) is 9.98. The number of carbonyl (C=O) groups excluding carboxylic acids is 2. The molecule has 0 radical (unpaired) electrons. The Hall–Kier alpha value is -1.32. The van der Waals surface area contributed by atoms with Crippen LogP contribution in [-0.2, 0) is 9.59 Å². The van der Waals surface area contributed by atoms with Crippen molar-refractivity contribution in [1.29, 1.82) is 0 Å². The highest BCUT2D eigenvalue weighted by Crippen LogP contribution is 2.00. The molecule has 0 aromatic carbocycles. The Balaban J connectivity index is 0. The second-order valence-corrected chi connectivity index (χ2v) is 3.45. The van der Waals surface area contributed by atoms with Crippen LogP contribution in [0.4, 0.5) is 0 Å². The van der Waals surface area contributed by atoms with Crippen LogP contribution in [0.2, 0.25) is 0 Å². The molecule has 0 saturated heterocycles. The van der Waals surface area contributed by atoms with Crippen LogP contribution in [0.5, 0.6) is 0 Å². The number of carbonyl (C=O) groups is 2. The number of aliphatic hydroxyl groups is 5. The molecule has 0 heterocycles. The maximum atomic E-state index is 10.5. The normalized spacial score (nSPS) is 14.8. The summed E-state index contributed by atoms with van der Waals surface area (Å²) in [4.78, 5) is 20.3. The van der Waals surface area contributed by atoms with Crippen molar-refractivity contribution in [3.8, 4) is 0 Å². The maximum Gasteiger partial charge on any atom is 0.243 e. The maximum absolute atomic E-state index is 10.5. The summed E-state index contributed by atoms with van der Waals surface area (Å²) in [6, 6.07) is 0. The number of amides is 1. The van der Waals surface area contributed by atoms with Crippen molar-refractivity contribution >= 4 is 11.7 Å². The quantitative estimate of drug-likeness (QED) is 0.274. The first kappa shape index (κ1) is 19.0. The highest BCUT2D eigenvalue weighted by Gasteiger charge is 2.28. The van der Waals surface area contributed by atoms with Crippen LogP contribution in [0.1, 0.15) is 6.92 Å². The van der Waals surface area contributed by atoms with Gasteiger partial charge >= 0.3 is 0 Å². The number of rotatable bonds is 6. The molecule has 0 saturated carbocycles. The highest BCUT2D eigenvalue weighted by atomic mass is 16.4. The van der Waals surface area contributed by atoms with E-state index in [1.165, 1.54) is 0 Å². The zero-order chi connectivity index (χ0) is 14.9. The fraction of sp³-hybridized carbons (Fsp3) is 0.600. The number of Topliss-reactive ketones (excluding diaryl/α,β-unsaturated/α-hetero) is 1. The van der Waals surface area contributed by atoms with Crippen molar-refractivity contribution in [2.75, 3.05) is 13.2 Å². The molecule has 1 amide bonds. The van der Waals surface area contributed by atoms with E-state index < -0.39 is 43.2 Å². The predicted octanol–water partition coefficient (Wildman–Crippen LogP) is -3.33. The first-order valence-electron chi connectivity index (χ1n) is 4.92. The lowest BCUT2D eigenvalue weighted by molar-refractivity contribution is -0.142. The van der Waals surface area contributed by atoms with E-state index in [4.69, 9.17) is 31.3 Å². The summed E-state index contributed by atoms with van der Waals surface area (Å²) >= 11 is 0. The molecule has 0 unspecified atom stereocenters. The van der Waals surface area contributed by atoms with Crippen LogP contribution in [0, 0.1) is 0 Å². The Labute approximate surface area is 104 Å². The Bertz CT molecular complexity index is 280. The second-order valence-electron chi connectivity index (χ2n) is 3.45. The average molecular weight is 265 g/mol. The SMILES string of the molecule is C=C(C)C(N)=O.O=C(CO)[C@@H](O)[C@H](O)[C@H](O)CO.